The molecule has 0 bridgehead atoms. The van der Waals surface area contributed by atoms with E-state index in [2.05, 4.69) is 11.2 Å². The molecule has 0 radical (unpaired) electrons. The van der Waals surface area contributed by atoms with Gasteiger partial charge in [-0.3, -0.25) is 9.80 Å². The summed E-state index contributed by atoms with van der Waals surface area (Å²) < 4.78 is 0. The average molecular weight is 332 g/mol. The van der Waals surface area contributed by atoms with Crippen LogP contribution < -0.4 is 5.01 Å². The lowest BCUT2D eigenvalue weighted by Gasteiger charge is -2.18. The highest BCUT2D eigenvalue weighted by Crippen LogP contribution is 2.20. The van der Waals surface area contributed by atoms with Gasteiger partial charge < -0.3 is 4.90 Å². The van der Waals surface area contributed by atoms with E-state index in [0.717, 1.165) is 29.9 Å². The van der Waals surface area contributed by atoms with Gasteiger partial charge in [-0.05, 0) is 48.9 Å². The minimum atomic E-state index is -0.0305. The topological polar surface area (TPSA) is 59.7 Å². The molecular weight excluding hydrogens is 312 g/mol. The molecule has 0 saturated heterocycles. The Balaban J connectivity index is 1.66. The number of hydrogen-bond acceptors (Lipinski definition) is 4. The van der Waals surface area contributed by atoms with E-state index >= 15 is 0 Å². The first-order chi connectivity index (χ1) is 12.1. The standard InChI is InChI=1S/C20H20N4O/c1-15-11-12-24(22-15)19-9-7-18(8-10-19)20(25)23(2)14-17-5-3-16(13-21)4-6-17/h3-10H,11-12,14H2,1-2H3. The molecule has 5 heteroatoms. The third-order valence-electron chi connectivity index (χ3n) is 4.24. The molecule has 0 aromatic heterocycles. The first-order valence-electron chi connectivity index (χ1n) is 8.23. The molecule has 1 aliphatic rings. The van der Waals surface area contributed by atoms with E-state index in [1.807, 2.05) is 48.3 Å². The Hall–Kier alpha value is -3.13. The Morgan fingerprint density at radius 2 is 1.88 bits per heavy atom. The largest absolute Gasteiger partial charge is 0.337 e. The second kappa shape index (κ2) is 7.18. The van der Waals surface area contributed by atoms with Crippen molar-refractivity contribution >= 4 is 17.3 Å². The number of amides is 1. The van der Waals surface area contributed by atoms with Gasteiger partial charge in [0.1, 0.15) is 0 Å². The second-order valence-electron chi connectivity index (χ2n) is 6.23. The summed E-state index contributed by atoms with van der Waals surface area (Å²) in [4.78, 5) is 14.3. The van der Waals surface area contributed by atoms with Crippen LogP contribution in [0.15, 0.2) is 53.6 Å². The molecule has 0 unspecified atom stereocenters. The summed E-state index contributed by atoms with van der Waals surface area (Å²) in [5.41, 5.74) is 4.40. The van der Waals surface area contributed by atoms with Gasteiger partial charge in [0.05, 0.1) is 17.3 Å². The van der Waals surface area contributed by atoms with Crippen LogP contribution in [0.25, 0.3) is 0 Å². The molecule has 2 aromatic rings. The predicted octanol–water partition coefficient (Wildman–Crippen LogP) is 3.42. The van der Waals surface area contributed by atoms with Crippen LogP contribution in [0.1, 0.15) is 34.8 Å². The number of nitrogens with zero attached hydrogens (tertiary/aromatic N) is 4. The molecule has 0 atom stereocenters. The fourth-order valence-electron chi connectivity index (χ4n) is 2.79. The fraction of sp³-hybridized carbons (Fsp3) is 0.250. The van der Waals surface area contributed by atoms with E-state index in [1.54, 1.807) is 24.1 Å². The Bertz CT molecular complexity index is 831. The number of carbonyl (C=O) groups is 1. The normalized spacial score (nSPS) is 13.3. The summed E-state index contributed by atoms with van der Waals surface area (Å²) in [6.07, 6.45) is 0.980. The molecular formula is C20H20N4O. The van der Waals surface area contributed by atoms with E-state index in [9.17, 15) is 4.79 Å². The summed E-state index contributed by atoms with van der Waals surface area (Å²) in [5.74, 6) is -0.0305. The molecule has 0 aliphatic carbocycles. The lowest BCUT2D eigenvalue weighted by atomic mass is 10.1. The van der Waals surface area contributed by atoms with Crippen molar-refractivity contribution in [2.45, 2.75) is 19.9 Å². The Kier molecular flexibility index (Phi) is 4.80. The van der Waals surface area contributed by atoms with E-state index < -0.39 is 0 Å². The van der Waals surface area contributed by atoms with Crippen molar-refractivity contribution in [2.24, 2.45) is 5.10 Å². The monoisotopic (exact) mass is 332 g/mol. The first-order valence-corrected chi connectivity index (χ1v) is 8.23. The van der Waals surface area contributed by atoms with Crippen LogP contribution in [0, 0.1) is 11.3 Å². The number of benzene rings is 2. The zero-order valence-corrected chi connectivity index (χ0v) is 14.4. The molecule has 0 N–H and O–H groups in total. The molecule has 3 rings (SSSR count). The van der Waals surface area contributed by atoms with Crippen molar-refractivity contribution in [3.63, 3.8) is 0 Å². The van der Waals surface area contributed by atoms with Gasteiger partial charge >= 0.3 is 0 Å². The summed E-state index contributed by atoms with van der Waals surface area (Å²) in [6, 6.07) is 16.9. The number of carbonyl (C=O) groups excluding carboxylic acids is 1. The van der Waals surface area contributed by atoms with Gasteiger partial charge in [-0.15, -0.1) is 0 Å². The van der Waals surface area contributed by atoms with Crippen LogP contribution in [-0.2, 0) is 6.54 Å². The Labute approximate surface area is 147 Å². The van der Waals surface area contributed by atoms with Gasteiger partial charge in [-0.1, -0.05) is 12.1 Å². The van der Waals surface area contributed by atoms with Crippen LogP contribution >= 0.6 is 0 Å². The number of nitriles is 1. The summed E-state index contributed by atoms with van der Waals surface area (Å²) in [5, 5.41) is 15.3. The van der Waals surface area contributed by atoms with Crippen molar-refractivity contribution in [1.82, 2.24) is 4.90 Å². The molecule has 0 spiro atoms. The predicted molar refractivity (Wildman–Crippen MR) is 98.5 cm³/mol. The maximum absolute atomic E-state index is 12.6. The Morgan fingerprint density at radius 3 is 2.44 bits per heavy atom. The number of hydrazone groups is 1. The van der Waals surface area contributed by atoms with Gasteiger partial charge in [0.15, 0.2) is 0 Å². The van der Waals surface area contributed by atoms with Crippen LogP contribution in [-0.4, -0.2) is 30.1 Å². The molecule has 0 saturated carbocycles. The summed E-state index contributed by atoms with van der Waals surface area (Å²) in [6.45, 7) is 3.41. The highest BCUT2D eigenvalue weighted by atomic mass is 16.2. The van der Waals surface area contributed by atoms with E-state index in [1.165, 1.54) is 0 Å². The molecule has 1 amide bonds. The fourth-order valence-corrected chi connectivity index (χ4v) is 2.79. The summed E-state index contributed by atoms with van der Waals surface area (Å²) >= 11 is 0. The van der Waals surface area contributed by atoms with Gasteiger partial charge in [0, 0.05) is 37.8 Å². The lowest BCUT2D eigenvalue weighted by molar-refractivity contribution is 0.0785. The maximum atomic E-state index is 12.6. The zero-order chi connectivity index (χ0) is 17.8. The minimum Gasteiger partial charge on any atom is -0.337 e. The Morgan fingerprint density at radius 1 is 1.20 bits per heavy atom. The highest BCUT2D eigenvalue weighted by molar-refractivity contribution is 5.94. The lowest BCUT2D eigenvalue weighted by Crippen LogP contribution is -2.26. The maximum Gasteiger partial charge on any atom is 0.253 e. The molecule has 0 fully saturated rings. The smallest absolute Gasteiger partial charge is 0.253 e. The van der Waals surface area contributed by atoms with Gasteiger partial charge in [-0.25, -0.2) is 0 Å². The number of rotatable bonds is 4. The van der Waals surface area contributed by atoms with Crippen LogP contribution in [0.5, 0.6) is 0 Å². The van der Waals surface area contributed by atoms with Gasteiger partial charge in [0.2, 0.25) is 0 Å². The molecule has 25 heavy (non-hydrogen) atoms. The van der Waals surface area contributed by atoms with E-state index in [-0.39, 0.29) is 5.91 Å². The molecule has 1 heterocycles. The van der Waals surface area contributed by atoms with Crippen molar-refractivity contribution in [1.29, 1.82) is 5.26 Å². The van der Waals surface area contributed by atoms with Crippen LogP contribution in [0.3, 0.4) is 0 Å². The third-order valence-corrected chi connectivity index (χ3v) is 4.24. The number of hydrogen-bond donors (Lipinski definition) is 0. The highest BCUT2D eigenvalue weighted by Gasteiger charge is 2.15. The second-order valence-corrected chi connectivity index (χ2v) is 6.23. The zero-order valence-electron chi connectivity index (χ0n) is 14.4. The van der Waals surface area contributed by atoms with Crippen LogP contribution in [0.4, 0.5) is 5.69 Å². The van der Waals surface area contributed by atoms with Gasteiger partial charge in [0.25, 0.3) is 5.91 Å². The SMILES string of the molecule is CC1=NN(c2ccc(C(=O)N(C)Cc3ccc(C#N)cc3)cc2)CC1. The number of anilines is 1. The molecule has 1 aliphatic heterocycles. The molecule has 5 nitrogen and oxygen atoms in total. The van der Waals surface area contributed by atoms with E-state index in [4.69, 9.17) is 5.26 Å². The third kappa shape index (κ3) is 3.86. The van der Waals surface area contributed by atoms with Crippen molar-refractivity contribution in [3.05, 3.63) is 65.2 Å². The minimum absolute atomic E-state index is 0.0305. The van der Waals surface area contributed by atoms with E-state index in [0.29, 0.717) is 17.7 Å². The van der Waals surface area contributed by atoms with Crippen molar-refractivity contribution < 1.29 is 4.79 Å². The molecule has 2 aromatic carbocycles. The summed E-state index contributed by atoms with van der Waals surface area (Å²) in [7, 11) is 1.78. The first kappa shape index (κ1) is 16.7. The van der Waals surface area contributed by atoms with Gasteiger partial charge in [-0.2, -0.15) is 10.4 Å². The van der Waals surface area contributed by atoms with Crippen LogP contribution in [0.2, 0.25) is 0 Å². The quantitative estimate of drug-likeness (QED) is 0.862. The van der Waals surface area contributed by atoms with Crippen molar-refractivity contribution in [3.8, 4) is 6.07 Å². The molecule has 126 valence electrons. The average Bonchev–Trinajstić information content (AvgIpc) is 3.08. The van der Waals surface area contributed by atoms with Crippen molar-refractivity contribution in [2.75, 3.05) is 18.6 Å².